The van der Waals surface area contributed by atoms with Gasteiger partial charge in [-0.3, -0.25) is 9.78 Å². The van der Waals surface area contributed by atoms with E-state index in [4.69, 9.17) is 0 Å². The molecule has 1 unspecified atom stereocenters. The molecule has 118 valence electrons. The zero-order valence-electron chi connectivity index (χ0n) is 13.0. The Morgan fingerprint density at radius 3 is 2.59 bits per heavy atom. The van der Waals surface area contributed by atoms with Crippen molar-refractivity contribution in [1.29, 1.82) is 0 Å². The topological polar surface area (TPSA) is 62.2 Å². The lowest BCUT2D eigenvalue weighted by Gasteiger charge is -2.16. The van der Waals surface area contributed by atoms with E-state index in [1.54, 1.807) is 12.4 Å². The van der Waals surface area contributed by atoms with E-state index >= 15 is 0 Å². The number of amides is 1. The zero-order valence-corrected chi connectivity index (χ0v) is 13.8. The minimum atomic E-state index is -0.0473. The molecule has 2 aromatic heterocycles. The SMILES string of the molecule is CC(C)c1ccc(C(=O)NCC(CCO)c2ccncc2)s1. The number of hydrogen-bond acceptors (Lipinski definition) is 4. The van der Waals surface area contributed by atoms with Crippen molar-refractivity contribution in [2.24, 2.45) is 0 Å². The van der Waals surface area contributed by atoms with Crippen molar-refractivity contribution in [1.82, 2.24) is 10.3 Å². The Kier molecular flexibility index (Phi) is 6.10. The molecule has 0 aliphatic heterocycles. The number of aromatic nitrogens is 1. The number of carbonyl (C=O) groups excluding carboxylic acids is 1. The summed E-state index contributed by atoms with van der Waals surface area (Å²) < 4.78 is 0. The van der Waals surface area contributed by atoms with Gasteiger partial charge in [-0.1, -0.05) is 13.8 Å². The van der Waals surface area contributed by atoms with Crippen LogP contribution < -0.4 is 5.32 Å². The maximum atomic E-state index is 12.2. The van der Waals surface area contributed by atoms with E-state index in [2.05, 4.69) is 24.1 Å². The van der Waals surface area contributed by atoms with Crippen LogP contribution in [-0.2, 0) is 0 Å². The van der Waals surface area contributed by atoms with Crippen molar-refractivity contribution in [3.8, 4) is 0 Å². The van der Waals surface area contributed by atoms with Gasteiger partial charge in [-0.15, -0.1) is 11.3 Å². The van der Waals surface area contributed by atoms with Crippen molar-refractivity contribution >= 4 is 17.2 Å². The third-order valence-electron chi connectivity index (χ3n) is 3.58. The molecule has 0 radical (unpaired) electrons. The number of hydrogen-bond donors (Lipinski definition) is 2. The third kappa shape index (κ3) is 4.39. The lowest BCUT2D eigenvalue weighted by molar-refractivity contribution is 0.0953. The normalized spacial score (nSPS) is 12.4. The summed E-state index contributed by atoms with van der Waals surface area (Å²) in [4.78, 5) is 18.2. The molecule has 2 rings (SSSR count). The molecule has 1 amide bonds. The highest BCUT2D eigenvalue weighted by Crippen LogP contribution is 2.24. The standard InChI is InChI=1S/C17H22N2O2S/c1-12(2)15-3-4-16(22-15)17(21)19-11-14(7-10-20)13-5-8-18-9-6-13/h3-6,8-9,12,14,20H,7,10-11H2,1-2H3,(H,19,21). The first-order chi connectivity index (χ1) is 10.6. The maximum Gasteiger partial charge on any atom is 0.261 e. The van der Waals surface area contributed by atoms with Crippen LogP contribution >= 0.6 is 11.3 Å². The Morgan fingerprint density at radius 2 is 2.00 bits per heavy atom. The highest BCUT2D eigenvalue weighted by atomic mass is 32.1. The molecule has 0 saturated heterocycles. The van der Waals surface area contributed by atoms with E-state index in [9.17, 15) is 9.90 Å². The quantitative estimate of drug-likeness (QED) is 0.824. The van der Waals surface area contributed by atoms with Crippen LogP contribution in [0.2, 0.25) is 0 Å². The Bertz CT molecular complexity index is 596. The molecular weight excluding hydrogens is 296 g/mol. The summed E-state index contributed by atoms with van der Waals surface area (Å²) in [6, 6.07) is 7.74. The molecule has 0 aliphatic carbocycles. The molecule has 0 spiro atoms. The van der Waals surface area contributed by atoms with Crippen LogP contribution in [0.5, 0.6) is 0 Å². The lowest BCUT2D eigenvalue weighted by Crippen LogP contribution is -2.28. The number of pyridine rings is 1. The summed E-state index contributed by atoms with van der Waals surface area (Å²) in [7, 11) is 0. The Labute approximate surface area is 135 Å². The van der Waals surface area contributed by atoms with Crippen LogP contribution in [0.4, 0.5) is 0 Å². The summed E-state index contributed by atoms with van der Waals surface area (Å²) in [5, 5.41) is 12.2. The lowest BCUT2D eigenvalue weighted by atomic mass is 9.97. The highest BCUT2D eigenvalue weighted by molar-refractivity contribution is 7.14. The van der Waals surface area contributed by atoms with Crippen LogP contribution in [0.3, 0.4) is 0 Å². The molecule has 0 aliphatic rings. The molecule has 5 heteroatoms. The van der Waals surface area contributed by atoms with E-state index in [1.807, 2.05) is 24.3 Å². The van der Waals surface area contributed by atoms with Crippen LogP contribution in [0.1, 0.15) is 52.2 Å². The van der Waals surface area contributed by atoms with Gasteiger partial charge >= 0.3 is 0 Å². The summed E-state index contributed by atoms with van der Waals surface area (Å²) in [5.41, 5.74) is 1.08. The Morgan fingerprint density at radius 1 is 1.27 bits per heavy atom. The Hall–Kier alpha value is -1.72. The smallest absolute Gasteiger partial charge is 0.261 e. The van der Waals surface area contributed by atoms with Crippen molar-refractivity contribution in [3.63, 3.8) is 0 Å². The van der Waals surface area contributed by atoms with Crippen molar-refractivity contribution in [2.75, 3.05) is 13.2 Å². The second-order valence-corrected chi connectivity index (χ2v) is 6.67. The first-order valence-electron chi connectivity index (χ1n) is 7.50. The van der Waals surface area contributed by atoms with Crippen LogP contribution in [0, 0.1) is 0 Å². The largest absolute Gasteiger partial charge is 0.396 e. The molecule has 0 aromatic carbocycles. The number of aliphatic hydroxyl groups excluding tert-OH is 1. The summed E-state index contributed by atoms with van der Waals surface area (Å²) in [6.07, 6.45) is 4.08. The summed E-state index contributed by atoms with van der Waals surface area (Å²) >= 11 is 1.54. The minimum Gasteiger partial charge on any atom is -0.396 e. The first-order valence-corrected chi connectivity index (χ1v) is 8.32. The number of thiophene rings is 1. The van der Waals surface area contributed by atoms with E-state index in [0.29, 0.717) is 18.9 Å². The van der Waals surface area contributed by atoms with E-state index in [-0.39, 0.29) is 18.4 Å². The van der Waals surface area contributed by atoms with E-state index in [1.165, 1.54) is 16.2 Å². The van der Waals surface area contributed by atoms with Gasteiger partial charge in [0.1, 0.15) is 0 Å². The van der Waals surface area contributed by atoms with Crippen molar-refractivity contribution in [2.45, 2.75) is 32.1 Å². The van der Waals surface area contributed by atoms with Crippen molar-refractivity contribution in [3.05, 3.63) is 52.0 Å². The van der Waals surface area contributed by atoms with Crippen LogP contribution in [0.15, 0.2) is 36.7 Å². The first kappa shape index (κ1) is 16.6. The number of carbonyl (C=O) groups is 1. The molecule has 0 fully saturated rings. The molecule has 0 bridgehead atoms. The predicted molar refractivity (Wildman–Crippen MR) is 89.4 cm³/mol. The van der Waals surface area contributed by atoms with Gasteiger partial charge in [-0.25, -0.2) is 0 Å². The fourth-order valence-corrected chi connectivity index (χ4v) is 3.19. The molecule has 2 N–H and O–H groups in total. The molecule has 1 atom stereocenters. The van der Waals surface area contributed by atoms with Gasteiger partial charge in [-0.05, 0) is 42.2 Å². The number of aliphatic hydroxyl groups is 1. The second-order valence-electron chi connectivity index (χ2n) is 5.56. The average molecular weight is 318 g/mol. The van der Waals surface area contributed by atoms with Gasteiger partial charge in [-0.2, -0.15) is 0 Å². The van der Waals surface area contributed by atoms with E-state index in [0.717, 1.165) is 10.4 Å². The summed E-state index contributed by atoms with van der Waals surface area (Å²) in [5.74, 6) is 0.487. The van der Waals surface area contributed by atoms with Gasteiger partial charge < -0.3 is 10.4 Å². The fourth-order valence-electron chi connectivity index (χ4n) is 2.27. The third-order valence-corrected chi connectivity index (χ3v) is 4.97. The van der Waals surface area contributed by atoms with Crippen molar-refractivity contribution < 1.29 is 9.90 Å². The van der Waals surface area contributed by atoms with Gasteiger partial charge in [0.2, 0.25) is 0 Å². The average Bonchev–Trinajstić information content (AvgIpc) is 3.02. The molecule has 22 heavy (non-hydrogen) atoms. The number of nitrogens with one attached hydrogen (secondary N) is 1. The van der Waals surface area contributed by atoms with Gasteiger partial charge in [0.05, 0.1) is 4.88 Å². The highest BCUT2D eigenvalue weighted by Gasteiger charge is 2.15. The molecule has 0 saturated carbocycles. The maximum absolute atomic E-state index is 12.2. The molecular formula is C17H22N2O2S. The number of nitrogens with zero attached hydrogens (tertiary/aromatic N) is 1. The molecule has 4 nitrogen and oxygen atoms in total. The number of rotatable bonds is 7. The van der Waals surface area contributed by atoms with Gasteiger partial charge in [0.15, 0.2) is 0 Å². The second kappa shape index (κ2) is 8.06. The Balaban J connectivity index is 1.98. The molecule has 2 aromatic rings. The van der Waals surface area contributed by atoms with Gasteiger partial charge in [0.25, 0.3) is 5.91 Å². The predicted octanol–water partition coefficient (Wildman–Crippen LogP) is 3.16. The minimum absolute atomic E-state index is 0.0473. The van der Waals surface area contributed by atoms with Gasteiger partial charge in [0, 0.05) is 36.3 Å². The monoisotopic (exact) mass is 318 g/mol. The van der Waals surface area contributed by atoms with Crippen LogP contribution in [0.25, 0.3) is 0 Å². The zero-order chi connectivity index (χ0) is 15.9. The fraction of sp³-hybridized carbons (Fsp3) is 0.412. The molecule has 2 heterocycles. The van der Waals surface area contributed by atoms with E-state index < -0.39 is 0 Å². The van der Waals surface area contributed by atoms with Crippen LogP contribution in [-0.4, -0.2) is 29.1 Å². The summed E-state index contributed by atoms with van der Waals surface area (Å²) in [6.45, 7) is 4.85.